The van der Waals surface area contributed by atoms with E-state index >= 15 is 0 Å². The van der Waals surface area contributed by atoms with Gasteiger partial charge in [-0.15, -0.1) is 11.3 Å². The molecule has 0 fully saturated rings. The molecule has 1 aliphatic rings. The Hall–Kier alpha value is -1.59. The number of rotatable bonds is 6. The van der Waals surface area contributed by atoms with Gasteiger partial charge < -0.3 is 14.8 Å². The van der Waals surface area contributed by atoms with Gasteiger partial charge in [0.05, 0.1) is 10.7 Å². The highest BCUT2D eigenvalue weighted by Gasteiger charge is 2.16. The van der Waals surface area contributed by atoms with Gasteiger partial charge in [-0.05, 0) is 38.1 Å². The molecule has 2 aromatic rings. The SMILES string of the molecule is CCCNCCc1nc(-c2ccc3c(c2)OCO3)c(C)s1. The summed E-state index contributed by atoms with van der Waals surface area (Å²) in [6.07, 6.45) is 2.15. The molecule has 0 amide bonds. The fourth-order valence-corrected chi connectivity index (χ4v) is 3.32. The van der Waals surface area contributed by atoms with Crippen molar-refractivity contribution in [1.82, 2.24) is 10.3 Å². The number of hydrogen-bond acceptors (Lipinski definition) is 5. The van der Waals surface area contributed by atoms with Crippen molar-refractivity contribution in [3.63, 3.8) is 0 Å². The molecule has 0 radical (unpaired) electrons. The number of nitrogens with zero attached hydrogens (tertiary/aromatic N) is 1. The molecule has 0 spiro atoms. The molecule has 0 atom stereocenters. The van der Waals surface area contributed by atoms with Gasteiger partial charge in [0.2, 0.25) is 6.79 Å². The van der Waals surface area contributed by atoms with Gasteiger partial charge >= 0.3 is 0 Å². The second kappa shape index (κ2) is 6.45. The van der Waals surface area contributed by atoms with Gasteiger partial charge in [0.25, 0.3) is 0 Å². The molecule has 112 valence electrons. The summed E-state index contributed by atoms with van der Waals surface area (Å²) in [5.41, 5.74) is 2.16. The fraction of sp³-hybridized carbons (Fsp3) is 0.438. The van der Waals surface area contributed by atoms with Gasteiger partial charge in [0, 0.05) is 23.4 Å². The van der Waals surface area contributed by atoms with Gasteiger partial charge in [-0.1, -0.05) is 6.92 Å². The average Bonchev–Trinajstić information content (AvgIpc) is 3.09. The first-order valence-electron chi connectivity index (χ1n) is 7.35. The lowest BCUT2D eigenvalue weighted by Crippen LogP contribution is -2.17. The number of hydrogen-bond donors (Lipinski definition) is 1. The van der Waals surface area contributed by atoms with E-state index < -0.39 is 0 Å². The summed E-state index contributed by atoms with van der Waals surface area (Å²) in [5, 5.41) is 4.60. The van der Waals surface area contributed by atoms with E-state index in [1.54, 1.807) is 11.3 Å². The minimum absolute atomic E-state index is 0.309. The maximum Gasteiger partial charge on any atom is 0.231 e. The molecule has 5 heteroatoms. The predicted octanol–water partition coefficient (Wildman–Crippen LogP) is 3.39. The lowest BCUT2D eigenvalue weighted by Gasteiger charge is -2.01. The van der Waals surface area contributed by atoms with Gasteiger partial charge in [-0.3, -0.25) is 0 Å². The van der Waals surface area contributed by atoms with Gasteiger partial charge in [0.1, 0.15) is 0 Å². The van der Waals surface area contributed by atoms with Crippen LogP contribution in [-0.4, -0.2) is 24.9 Å². The van der Waals surface area contributed by atoms with E-state index in [1.165, 1.54) is 16.3 Å². The van der Waals surface area contributed by atoms with Gasteiger partial charge in [-0.2, -0.15) is 0 Å². The van der Waals surface area contributed by atoms with Crippen molar-refractivity contribution in [3.8, 4) is 22.8 Å². The topological polar surface area (TPSA) is 43.4 Å². The van der Waals surface area contributed by atoms with E-state index in [0.29, 0.717) is 6.79 Å². The third-order valence-corrected chi connectivity index (χ3v) is 4.46. The molecule has 3 rings (SSSR count). The van der Waals surface area contributed by atoms with Crippen LogP contribution in [0.25, 0.3) is 11.3 Å². The monoisotopic (exact) mass is 304 g/mol. The molecular formula is C16H20N2O2S. The van der Waals surface area contributed by atoms with Crippen LogP contribution in [0.4, 0.5) is 0 Å². The Labute approximate surface area is 129 Å². The Bertz CT molecular complexity index is 625. The first-order valence-corrected chi connectivity index (χ1v) is 8.16. The summed E-state index contributed by atoms with van der Waals surface area (Å²) in [6, 6.07) is 6.02. The summed E-state index contributed by atoms with van der Waals surface area (Å²) in [4.78, 5) is 6.03. The zero-order valence-corrected chi connectivity index (χ0v) is 13.3. The molecule has 21 heavy (non-hydrogen) atoms. The molecular weight excluding hydrogens is 284 g/mol. The Balaban J connectivity index is 1.74. The van der Waals surface area contributed by atoms with Crippen molar-refractivity contribution in [2.24, 2.45) is 0 Å². The molecule has 1 aromatic heterocycles. The highest BCUT2D eigenvalue weighted by atomic mass is 32.1. The van der Waals surface area contributed by atoms with Crippen molar-refractivity contribution >= 4 is 11.3 Å². The summed E-state index contributed by atoms with van der Waals surface area (Å²) >= 11 is 1.78. The smallest absolute Gasteiger partial charge is 0.231 e. The number of aromatic nitrogens is 1. The van der Waals surface area contributed by atoms with E-state index in [-0.39, 0.29) is 0 Å². The van der Waals surface area contributed by atoms with Crippen molar-refractivity contribution in [2.75, 3.05) is 19.9 Å². The molecule has 2 heterocycles. The number of fused-ring (bicyclic) bond motifs is 1. The normalized spacial score (nSPS) is 12.9. The molecule has 1 aromatic carbocycles. The summed E-state index contributed by atoms with van der Waals surface area (Å²) in [5.74, 6) is 1.63. The summed E-state index contributed by atoms with van der Waals surface area (Å²) in [6.45, 7) is 6.67. The number of thiazole rings is 1. The molecule has 0 unspecified atom stereocenters. The second-order valence-corrected chi connectivity index (χ2v) is 6.37. The van der Waals surface area contributed by atoms with E-state index in [2.05, 4.69) is 25.2 Å². The highest BCUT2D eigenvalue weighted by molar-refractivity contribution is 7.12. The second-order valence-electron chi connectivity index (χ2n) is 5.08. The maximum atomic E-state index is 5.44. The Morgan fingerprint density at radius 3 is 2.95 bits per heavy atom. The molecule has 0 saturated carbocycles. The number of ether oxygens (including phenoxy) is 2. The highest BCUT2D eigenvalue weighted by Crippen LogP contribution is 2.37. The minimum Gasteiger partial charge on any atom is -0.454 e. The van der Waals surface area contributed by atoms with E-state index in [1.807, 2.05) is 12.1 Å². The molecule has 0 saturated heterocycles. The van der Waals surface area contributed by atoms with Crippen LogP contribution in [0, 0.1) is 6.92 Å². The third kappa shape index (κ3) is 3.19. The van der Waals surface area contributed by atoms with Crippen molar-refractivity contribution in [2.45, 2.75) is 26.7 Å². The van der Waals surface area contributed by atoms with Crippen LogP contribution in [-0.2, 0) is 6.42 Å². The zero-order valence-electron chi connectivity index (χ0n) is 12.4. The van der Waals surface area contributed by atoms with E-state index in [4.69, 9.17) is 14.5 Å². The Morgan fingerprint density at radius 2 is 2.10 bits per heavy atom. The maximum absolute atomic E-state index is 5.44. The molecule has 0 bridgehead atoms. The van der Waals surface area contributed by atoms with Crippen LogP contribution in [0.3, 0.4) is 0 Å². The van der Waals surface area contributed by atoms with Crippen LogP contribution in [0.2, 0.25) is 0 Å². The van der Waals surface area contributed by atoms with E-state index in [9.17, 15) is 0 Å². The first kappa shape index (κ1) is 14.4. The zero-order chi connectivity index (χ0) is 14.7. The predicted molar refractivity (Wildman–Crippen MR) is 85.3 cm³/mol. The van der Waals surface area contributed by atoms with Crippen LogP contribution in [0.15, 0.2) is 18.2 Å². The van der Waals surface area contributed by atoms with Gasteiger partial charge in [-0.25, -0.2) is 4.98 Å². The van der Waals surface area contributed by atoms with Gasteiger partial charge in [0.15, 0.2) is 11.5 Å². The summed E-state index contributed by atoms with van der Waals surface area (Å²) in [7, 11) is 0. The standard InChI is InChI=1S/C16H20N2O2S/c1-3-7-17-8-6-15-18-16(11(2)21-15)12-4-5-13-14(9-12)20-10-19-13/h4-5,9,17H,3,6-8,10H2,1-2H3. The third-order valence-electron chi connectivity index (χ3n) is 3.43. The first-order chi connectivity index (χ1) is 10.3. The van der Waals surface area contributed by atoms with Crippen LogP contribution < -0.4 is 14.8 Å². The number of benzene rings is 1. The van der Waals surface area contributed by atoms with Crippen LogP contribution in [0.5, 0.6) is 11.5 Å². The quantitative estimate of drug-likeness (QED) is 0.831. The minimum atomic E-state index is 0.309. The molecule has 0 aliphatic carbocycles. The number of nitrogens with one attached hydrogen (secondary N) is 1. The summed E-state index contributed by atoms with van der Waals surface area (Å²) < 4.78 is 10.8. The molecule has 1 aliphatic heterocycles. The molecule has 4 nitrogen and oxygen atoms in total. The van der Waals surface area contributed by atoms with Crippen molar-refractivity contribution in [3.05, 3.63) is 28.1 Å². The number of aryl methyl sites for hydroxylation is 1. The Morgan fingerprint density at radius 1 is 1.24 bits per heavy atom. The van der Waals surface area contributed by atoms with E-state index in [0.717, 1.165) is 42.3 Å². The largest absolute Gasteiger partial charge is 0.454 e. The average molecular weight is 304 g/mol. The lowest BCUT2D eigenvalue weighted by molar-refractivity contribution is 0.174. The lowest BCUT2D eigenvalue weighted by atomic mass is 10.1. The van der Waals surface area contributed by atoms with Crippen LogP contribution in [0.1, 0.15) is 23.2 Å². The van der Waals surface area contributed by atoms with Crippen LogP contribution >= 0.6 is 11.3 Å². The molecule has 1 N–H and O–H groups in total. The van der Waals surface area contributed by atoms with Crippen molar-refractivity contribution < 1.29 is 9.47 Å². The van der Waals surface area contributed by atoms with Crippen molar-refractivity contribution in [1.29, 1.82) is 0 Å². The Kier molecular flexibility index (Phi) is 4.41. The fourth-order valence-electron chi connectivity index (χ4n) is 2.37.